The van der Waals surface area contributed by atoms with Gasteiger partial charge in [0.15, 0.2) is 0 Å². The Morgan fingerprint density at radius 1 is 1.06 bits per heavy atom. The molecule has 0 unspecified atom stereocenters. The van der Waals surface area contributed by atoms with Gasteiger partial charge in [-0.15, -0.1) is 0 Å². The zero-order valence-electron chi connectivity index (χ0n) is 10.0. The van der Waals surface area contributed by atoms with Gasteiger partial charge in [-0.2, -0.15) is 0 Å². The lowest BCUT2D eigenvalue weighted by atomic mass is 9.91. The molecule has 92 valence electrons. The highest BCUT2D eigenvalue weighted by Crippen LogP contribution is 2.18. The maximum atomic E-state index is 11.3. The van der Waals surface area contributed by atoms with E-state index in [1.807, 2.05) is 6.92 Å². The van der Waals surface area contributed by atoms with Gasteiger partial charge in [-0.3, -0.25) is 4.79 Å². The van der Waals surface area contributed by atoms with Crippen molar-refractivity contribution in [3.8, 4) is 0 Å². The van der Waals surface area contributed by atoms with E-state index in [4.69, 9.17) is 0 Å². The van der Waals surface area contributed by atoms with Gasteiger partial charge >= 0.3 is 6.03 Å². The Balaban J connectivity index is 2.21. The summed E-state index contributed by atoms with van der Waals surface area (Å²) in [5, 5.41) is 8.56. The van der Waals surface area contributed by atoms with E-state index >= 15 is 0 Å². The molecule has 5 nitrogen and oxygen atoms in total. The predicted octanol–water partition coefficient (Wildman–Crippen LogP) is 0.753. The summed E-state index contributed by atoms with van der Waals surface area (Å²) in [6, 6.07) is 0.437. The summed E-state index contributed by atoms with van der Waals surface area (Å²) in [6.07, 6.45) is 3.75. The summed E-state index contributed by atoms with van der Waals surface area (Å²) in [5.74, 6) is 0.0279. The third-order valence-electron chi connectivity index (χ3n) is 2.81. The molecule has 1 saturated carbocycles. The van der Waals surface area contributed by atoms with Crippen LogP contribution >= 0.6 is 0 Å². The van der Waals surface area contributed by atoms with Gasteiger partial charge in [-0.1, -0.05) is 0 Å². The van der Waals surface area contributed by atoms with Crippen LogP contribution in [0.1, 0.15) is 39.5 Å². The highest BCUT2D eigenvalue weighted by molar-refractivity contribution is 5.74. The van der Waals surface area contributed by atoms with Crippen molar-refractivity contribution in [1.82, 2.24) is 16.0 Å². The smallest absolute Gasteiger partial charge is 0.314 e. The molecule has 3 amide bonds. The first-order chi connectivity index (χ1) is 7.61. The minimum Gasteiger partial charge on any atom is -0.354 e. The lowest BCUT2D eigenvalue weighted by Crippen LogP contribution is -2.46. The Bertz CT molecular complexity index is 248. The van der Waals surface area contributed by atoms with Crippen LogP contribution in [0.3, 0.4) is 0 Å². The Hall–Kier alpha value is -1.26. The lowest BCUT2D eigenvalue weighted by Gasteiger charge is -2.29. The Morgan fingerprint density at radius 3 is 2.00 bits per heavy atom. The summed E-state index contributed by atoms with van der Waals surface area (Å²) >= 11 is 0. The maximum Gasteiger partial charge on any atom is 0.314 e. The fraction of sp³-hybridized carbons (Fsp3) is 0.818. The van der Waals surface area contributed by atoms with Crippen LogP contribution in [-0.2, 0) is 4.79 Å². The van der Waals surface area contributed by atoms with E-state index in [2.05, 4.69) is 16.0 Å². The van der Waals surface area contributed by atoms with E-state index in [0.29, 0.717) is 6.54 Å². The minimum absolute atomic E-state index is 0.0279. The molecule has 0 saturated heterocycles. The maximum absolute atomic E-state index is 11.3. The van der Waals surface area contributed by atoms with E-state index in [1.165, 1.54) is 0 Å². The number of hydrogen-bond donors (Lipinski definition) is 3. The van der Waals surface area contributed by atoms with Gasteiger partial charge in [0.05, 0.1) is 0 Å². The summed E-state index contributed by atoms with van der Waals surface area (Å²) in [6.45, 7) is 4.08. The molecule has 1 aliphatic rings. The van der Waals surface area contributed by atoms with Crippen LogP contribution < -0.4 is 16.0 Å². The van der Waals surface area contributed by atoms with Crippen molar-refractivity contribution >= 4 is 11.9 Å². The molecule has 16 heavy (non-hydrogen) atoms. The molecule has 0 aromatic carbocycles. The molecule has 1 fully saturated rings. The van der Waals surface area contributed by atoms with Crippen molar-refractivity contribution < 1.29 is 9.59 Å². The Labute approximate surface area is 96.4 Å². The largest absolute Gasteiger partial charge is 0.354 e. The van der Waals surface area contributed by atoms with Crippen molar-refractivity contribution in [1.29, 1.82) is 0 Å². The highest BCUT2D eigenvalue weighted by Gasteiger charge is 2.22. The fourth-order valence-corrected chi connectivity index (χ4v) is 2.07. The molecule has 0 aliphatic heterocycles. The summed E-state index contributed by atoms with van der Waals surface area (Å²) < 4.78 is 0. The van der Waals surface area contributed by atoms with Crippen molar-refractivity contribution in [3.63, 3.8) is 0 Å². The average molecular weight is 227 g/mol. The highest BCUT2D eigenvalue weighted by atomic mass is 16.2. The van der Waals surface area contributed by atoms with Gasteiger partial charge in [-0.05, 0) is 32.6 Å². The number of urea groups is 1. The molecule has 0 atom stereocenters. The van der Waals surface area contributed by atoms with Gasteiger partial charge < -0.3 is 16.0 Å². The Kier molecular flexibility index (Phi) is 5.08. The molecule has 0 bridgehead atoms. The van der Waals surface area contributed by atoms with Crippen LogP contribution in [0.25, 0.3) is 0 Å². The van der Waals surface area contributed by atoms with E-state index < -0.39 is 0 Å². The van der Waals surface area contributed by atoms with Crippen molar-refractivity contribution in [2.24, 2.45) is 0 Å². The number of amides is 3. The van der Waals surface area contributed by atoms with Crippen LogP contribution in [0.4, 0.5) is 4.79 Å². The second kappa shape index (κ2) is 6.35. The van der Waals surface area contributed by atoms with Crippen LogP contribution in [0.5, 0.6) is 0 Å². The predicted molar refractivity (Wildman–Crippen MR) is 62.1 cm³/mol. The normalized spacial score (nSPS) is 24.6. The van der Waals surface area contributed by atoms with Crippen molar-refractivity contribution in [2.75, 3.05) is 6.54 Å². The monoisotopic (exact) mass is 227 g/mol. The van der Waals surface area contributed by atoms with Gasteiger partial charge in [0.25, 0.3) is 0 Å². The van der Waals surface area contributed by atoms with Crippen LogP contribution in [0.2, 0.25) is 0 Å². The second-order valence-corrected chi connectivity index (χ2v) is 4.25. The minimum atomic E-state index is -0.0922. The van der Waals surface area contributed by atoms with E-state index in [1.54, 1.807) is 6.92 Å². The zero-order valence-corrected chi connectivity index (χ0v) is 10.0. The molecular formula is C11H21N3O2. The number of carbonyl (C=O) groups excluding carboxylic acids is 2. The van der Waals surface area contributed by atoms with Gasteiger partial charge in [0.1, 0.15) is 0 Å². The molecule has 0 spiro atoms. The topological polar surface area (TPSA) is 70.2 Å². The average Bonchev–Trinajstić information content (AvgIpc) is 2.20. The summed E-state index contributed by atoms with van der Waals surface area (Å²) in [5.41, 5.74) is 0. The molecule has 3 N–H and O–H groups in total. The molecule has 1 rings (SSSR count). The van der Waals surface area contributed by atoms with E-state index in [0.717, 1.165) is 25.7 Å². The first kappa shape index (κ1) is 12.8. The SMILES string of the molecule is CCNC(=O)N[C@H]1CC[C@H](NC(C)=O)CC1. The van der Waals surface area contributed by atoms with Gasteiger partial charge in [0, 0.05) is 25.6 Å². The van der Waals surface area contributed by atoms with Crippen LogP contribution in [-0.4, -0.2) is 30.6 Å². The third kappa shape index (κ3) is 4.51. The van der Waals surface area contributed by atoms with Crippen molar-refractivity contribution in [3.05, 3.63) is 0 Å². The van der Waals surface area contributed by atoms with E-state index in [9.17, 15) is 9.59 Å². The lowest BCUT2D eigenvalue weighted by molar-refractivity contribution is -0.119. The second-order valence-electron chi connectivity index (χ2n) is 4.25. The first-order valence-electron chi connectivity index (χ1n) is 5.93. The summed E-state index contributed by atoms with van der Waals surface area (Å²) in [4.78, 5) is 22.1. The fourth-order valence-electron chi connectivity index (χ4n) is 2.07. The quantitative estimate of drug-likeness (QED) is 0.666. The number of hydrogen-bond acceptors (Lipinski definition) is 2. The molecule has 0 aromatic heterocycles. The van der Waals surface area contributed by atoms with Gasteiger partial charge in [-0.25, -0.2) is 4.79 Å². The molecule has 1 aliphatic carbocycles. The van der Waals surface area contributed by atoms with Gasteiger partial charge in [0.2, 0.25) is 5.91 Å². The van der Waals surface area contributed by atoms with Crippen LogP contribution in [0.15, 0.2) is 0 Å². The zero-order chi connectivity index (χ0) is 12.0. The summed E-state index contributed by atoms with van der Waals surface area (Å²) in [7, 11) is 0. The molecule has 0 heterocycles. The van der Waals surface area contributed by atoms with Crippen molar-refractivity contribution in [2.45, 2.75) is 51.6 Å². The standard InChI is InChI=1S/C11H21N3O2/c1-3-12-11(16)14-10-6-4-9(5-7-10)13-8(2)15/h9-10H,3-7H2,1-2H3,(H,13,15)(H2,12,14,16)/t9-,10-. The first-order valence-corrected chi connectivity index (χ1v) is 5.93. The number of rotatable bonds is 3. The number of nitrogens with one attached hydrogen (secondary N) is 3. The number of carbonyl (C=O) groups is 2. The van der Waals surface area contributed by atoms with Crippen LogP contribution in [0, 0.1) is 0 Å². The van der Waals surface area contributed by atoms with E-state index in [-0.39, 0.29) is 24.0 Å². The molecule has 0 aromatic rings. The Morgan fingerprint density at radius 2 is 1.56 bits per heavy atom. The molecular weight excluding hydrogens is 206 g/mol. The third-order valence-corrected chi connectivity index (χ3v) is 2.81. The molecule has 5 heteroatoms. The molecule has 0 radical (unpaired) electrons.